The molecule has 0 radical (unpaired) electrons. The topological polar surface area (TPSA) is 48.4 Å². The van der Waals surface area contributed by atoms with Crippen LogP contribution >= 0.6 is 0 Å². The third-order valence-electron chi connectivity index (χ3n) is 3.50. The van der Waals surface area contributed by atoms with E-state index in [0.29, 0.717) is 11.6 Å². The van der Waals surface area contributed by atoms with E-state index >= 15 is 0 Å². The van der Waals surface area contributed by atoms with Gasteiger partial charge < -0.3 is 9.47 Å². The van der Waals surface area contributed by atoms with Crippen molar-refractivity contribution >= 4 is 5.97 Å². The lowest BCUT2D eigenvalue weighted by molar-refractivity contribution is -0.138. The van der Waals surface area contributed by atoms with Crippen molar-refractivity contribution in [2.24, 2.45) is 0 Å². The molecular formula is C18H17F4NO3. The van der Waals surface area contributed by atoms with Crippen molar-refractivity contribution in [3.8, 4) is 17.1 Å². The number of benzene rings is 1. The zero-order valence-electron chi connectivity index (χ0n) is 14.6. The van der Waals surface area contributed by atoms with Crippen LogP contribution in [0.2, 0.25) is 0 Å². The number of pyridine rings is 1. The van der Waals surface area contributed by atoms with E-state index in [0.717, 1.165) is 13.2 Å². The Morgan fingerprint density at radius 1 is 1.19 bits per heavy atom. The molecule has 0 amide bonds. The number of ether oxygens (including phenoxy) is 2. The van der Waals surface area contributed by atoms with Crippen molar-refractivity contribution in [1.29, 1.82) is 0 Å². The van der Waals surface area contributed by atoms with Crippen LogP contribution in [0, 0.1) is 12.7 Å². The highest BCUT2D eigenvalue weighted by atomic mass is 19.4. The molecule has 0 saturated heterocycles. The predicted molar refractivity (Wildman–Crippen MR) is 86.5 cm³/mol. The van der Waals surface area contributed by atoms with Gasteiger partial charge in [-0.2, -0.15) is 13.2 Å². The summed E-state index contributed by atoms with van der Waals surface area (Å²) in [7, 11) is 0.963. The maximum Gasteiger partial charge on any atom is 0.417 e. The van der Waals surface area contributed by atoms with Gasteiger partial charge in [-0.15, -0.1) is 0 Å². The van der Waals surface area contributed by atoms with Crippen LogP contribution in [0.15, 0.2) is 24.3 Å². The molecule has 0 fully saturated rings. The van der Waals surface area contributed by atoms with E-state index in [9.17, 15) is 22.4 Å². The lowest BCUT2D eigenvalue weighted by Gasteiger charge is -2.18. The van der Waals surface area contributed by atoms with Crippen LogP contribution in [0.5, 0.6) is 5.88 Å². The van der Waals surface area contributed by atoms with Gasteiger partial charge in [-0.3, -0.25) is 0 Å². The van der Waals surface area contributed by atoms with E-state index in [-0.39, 0.29) is 11.3 Å². The molecular weight excluding hydrogens is 354 g/mol. The van der Waals surface area contributed by atoms with Crippen LogP contribution in [-0.2, 0) is 10.9 Å². The van der Waals surface area contributed by atoms with Gasteiger partial charge in [0.1, 0.15) is 11.4 Å². The molecule has 1 aromatic carbocycles. The van der Waals surface area contributed by atoms with Crippen molar-refractivity contribution in [3.05, 3.63) is 46.8 Å². The number of alkyl halides is 3. The lowest BCUT2D eigenvalue weighted by Crippen LogP contribution is -2.19. The molecule has 26 heavy (non-hydrogen) atoms. The van der Waals surface area contributed by atoms with Crippen molar-refractivity contribution in [2.45, 2.75) is 33.1 Å². The molecule has 0 atom stereocenters. The Hall–Kier alpha value is -2.64. The Morgan fingerprint density at radius 2 is 1.85 bits per heavy atom. The summed E-state index contributed by atoms with van der Waals surface area (Å²) in [5, 5.41) is 0. The van der Waals surface area contributed by atoms with Crippen LogP contribution in [0.3, 0.4) is 0 Å². The maximum absolute atomic E-state index is 13.8. The SMILES string of the molecule is COC(=O)c1c(C(F)(F)F)cc(-c2ccc(C)c(F)c2)nc1OC(C)C. The number of rotatable bonds is 4. The molecule has 2 rings (SSSR count). The normalized spacial score (nSPS) is 11.6. The van der Waals surface area contributed by atoms with Crippen molar-refractivity contribution in [1.82, 2.24) is 4.98 Å². The van der Waals surface area contributed by atoms with E-state index in [2.05, 4.69) is 9.72 Å². The fourth-order valence-corrected chi connectivity index (χ4v) is 2.25. The highest BCUT2D eigenvalue weighted by Gasteiger charge is 2.39. The van der Waals surface area contributed by atoms with Gasteiger partial charge in [-0.05, 0) is 38.5 Å². The standard InChI is InChI=1S/C18H17F4NO3/c1-9(2)26-16-15(17(24)25-4)12(18(20,21)22)8-14(23-16)11-6-5-10(3)13(19)7-11/h5-9H,1-4H3. The zero-order valence-corrected chi connectivity index (χ0v) is 14.6. The van der Waals surface area contributed by atoms with Gasteiger partial charge >= 0.3 is 12.1 Å². The van der Waals surface area contributed by atoms with Crippen molar-refractivity contribution in [2.75, 3.05) is 7.11 Å². The van der Waals surface area contributed by atoms with Crippen LogP contribution in [0.4, 0.5) is 17.6 Å². The lowest BCUT2D eigenvalue weighted by atomic mass is 10.0. The zero-order chi connectivity index (χ0) is 19.6. The smallest absolute Gasteiger partial charge is 0.417 e. The summed E-state index contributed by atoms with van der Waals surface area (Å²) < 4.78 is 64.2. The summed E-state index contributed by atoms with van der Waals surface area (Å²) in [5.41, 5.74) is -1.77. The molecule has 0 bridgehead atoms. The molecule has 0 spiro atoms. The van der Waals surface area contributed by atoms with Crippen LogP contribution < -0.4 is 4.74 Å². The fourth-order valence-electron chi connectivity index (χ4n) is 2.25. The number of methoxy groups -OCH3 is 1. The Balaban J connectivity index is 2.78. The second-order valence-electron chi connectivity index (χ2n) is 5.86. The molecule has 140 valence electrons. The maximum atomic E-state index is 13.8. The molecule has 0 aliphatic heterocycles. The number of aryl methyl sites for hydroxylation is 1. The van der Waals surface area contributed by atoms with Crippen LogP contribution in [-0.4, -0.2) is 24.2 Å². The third-order valence-corrected chi connectivity index (χ3v) is 3.50. The summed E-state index contributed by atoms with van der Waals surface area (Å²) >= 11 is 0. The summed E-state index contributed by atoms with van der Waals surface area (Å²) in [4.78, 5) is 15.9. The van der Waals surface area contributed by atoms with Crippen molar-refractivity contribution < 1.29 is 31.8 Å². The molecule has 2 aromatic rings. The highest BCUT2D eigenvalue weighted by molar-refractivity contribution is 5.94. The molecule has 1 heterocycles. The molecule has 0 saturated carbocycles. The number of esters is 1. The number of aromatic nitrogens is 1. The first kappa shape index (κ1) is 19.7. The Bertz CT molecular complexity index is 832. The first-order chi connectivity index (χ1) is 12.0. The summed E-state index contributed by atoms with van der Waals surface area (Å²) in [6, 6.07) is 4.63. The minimum atomic E-state index is -4.86. The van der Waals surface area contributed by atoms with Gasteiger partial charge in [0.15, 0.2) is 0 Å². The Labute approximate surface area is 147 Å². The summed E-state index contributed by atoms with van der Waals surface area (Å²) in [5.74, 6) is -2.32. The first-order valence-corrected chi connectivity index (χ1v) is 7.68. The second-order valence-corrected chi connectivity index (χ2v) is 5.86. The van der Waals surface area contributed by atoms with E-state index in [4.69, 9.17) is 4.74 Å². The molecule has 0 aliphatic carbocycles. The van der Waals surface area contributed by atoms with Gasteiger partial charge in [0.25, 0.3) is 0 Å². The largest absolute Gasteiger partial charge is 0.474 e. The van der Waals surface area contributed by atoms with E-state index < -0.39 is 41.1 Å². The third kappa shape index (κ3) is 4.12. The highest BCUT2D eigenvalue weighted by Crippen LogP contribution is 2.38. The average Bonchev–Trinajstić information content (AvgIpc) is 2.54. The second kappa shape index (κ2) is 7.31. The average molecular weight is 371 g/mol. The van der Waals surface area contributed by atoms with E-state index in [1.807, 2.05) is 0 Å². The number of hydrogen-bond acceptors (Lipinski definition) is 4. The van der Waals surface area contributed by atoms with E-state index in [1.165, 1.54) is 19.1 Å². The van der Waals surface area contributed by atoms with Crippen molar-refractivity contribution in [3.63, 3.8) is 0 Å². The number of carbonyl (C=O) groups is 1. The van der Waals surface area contributed by atoms with Crippen LogP contribution in [0.25, 0.3) is 11.3 Å². The number of hydrogen-bond donors (Lipinski definition) is 0. The number of carbonyl (C=O) groups excluding carboxylic acids is 1. The molecule has 1 aromatic heterocycles. The van der Waals surface area contributed by atoms with Crippen LogP contribution in [0.1, 0.15) is 35.3 Å². The number of halogens is 4. The molecule has 0 aliphatic rings. The van der Waals surface area contributed by atoms with Gasteiger partial charge in [0.2, 0.25) is 5.88 Å². The first-order valence-electron chi connectivity index (χ1n) is 7.68. The monoisotopic (exact) mass is 371 g/mol. The molecule has 8 heteroatoms. The fraction of sp³-hybridized carbons (Fsp3) is 0.333. The minimum Gasteiger partial charge on any atom is -0.474 e. The number of nitrogens with zero attached hydrogens (tertiary/aromatic N) is 1. The van der Waals surface area contributed by atoms with Gasteiger partial charge in [-0.1, -0.05) is 12.1 Å². The Morgan fingerprint density at radius 3 is 2.35 bits per heavy atom. The quantitative estimate of drug-likeness (QED) is 0.573. The van der Waals surface area contributed by atoms with Gasteiger partial charge in [-0.25, -0.2) is 14.2 Å². The predicted octanol–water partition coefficient (Wildman–Crippen LogP) is 4.79. The minimum absolute atomic E-state index is 0.128. The molecule has 4 nitrogen and oxygen atoms in total. The molecule has 0 N–H and O–H groups in total. The van der Waals surface area contributed by atoms with E-state index in [1.54, 1.807) is 13.8 Å². The van der Waals surface area contributed by atoms with Gasteiger partial charge in [0.05, 0.1) is 24.5 Å². The summed E-state index contributed by atoms with van der Waals surface area (Å²) in [6.07, 6.45) is -5.41. The Kier molecular flexibility index (Phi) is 5.53. The van der Waals surface area contributed by atoms with Gasteiger partial charge in [0, 0.05) is 5.56 Å². The summed E-state index contributed by atoms with van der Waals surface area (Å²) in [6.45, 7) is 4.68. The molecule has 0 unspecified atom stereocenters.